The summed E-state index contributed by atoms with van der Waals surface area (Å²) in [5.41, 5.74) is -0.305. The predicted molar refractivity (Wildman–Crippen MR) is 137 cm³/mol. The number of pyridine rings is 1. The maximum absolute atomic E-state index is 13.6. The Morgan fingerprint density at radius 3 is 2.41 bits per heavy atom. The quantitative estimate of drug-likeness (QED) is 0.268. The highest BCUT2D eigenvalue weighted by Crippen LogP contribution is 2.33. The van der Waals surface area contributed by atoms with Crippen LogP contribution in [0.15, 0.2) is 53.8 Å². The van der Waals surface area contributed by atoms with Crippen LogP contribution in [0.25, 0.3) is 16.9 Å². The fourth-order valence-corrected chi connectivity index (χ4v) is 5.38. The van der Waals surface area contributed by atoms with E-state index < -0.39 is 27.7 Å². The number of halogens is 5. The molecule has 0 bridgehead atoms. The van der Waals surface area contributed by atoms with Crippen molar-refractivity contribution in [3.63, 3.8) is 0 Å². The minimum atomic E-state index is -4.71. The average Bonchev–Trinajstić information content (AvgIpc) is 3.29. The fourth-order valence-electron chi connectivity index (χ4n) is 3.75. The molecule has 0 atom stereocenters. The second-order valence-corrected chi connectivity index (χ2v) is 10.6. The van der Waals surface area contributed by atoms with E-state index in [0.717, 1.165) is 16.8 Å². The van der Waals surface area contributed by atoms with Gasteiger partial charge in [0.25, 0.3) is 0 Å². The van der Waals surface area contributed by atoms with E-state index in [0.29, 0.717) is 5.69 Å². The monoisotopic (exact) mass is 583 g/mol. The van der Waals surface area contributed by atoms with Crippen LogP contribution in [-0.4, -0.2) is 50.5 Å². The van der Waals surface area contributed by atoms with Crippen molar-refractivity contribution in [3.8, 4) is 16.9 Å². The summed E-state index contributed by atoms with van der Waals surface area (Å²) in [4.78, 5) is 12.5. The molecule has 15 heteroatoms. The van der Waals surface area contributed by atoms with E-state index in [1.54, 1.807) is 13.8 Å². The first-order valence-electron chi connectivity index (χ1n) is 11.5. The minimum absolute atomic E-state index is 0.0558. The first-order chi connectivity index (χ1) is 18.3. The highest BCUT2D eigenvalue weighted by Gasteiger charge is 2.35. The Bertz CT molecular complexity index is 1620. The zero-order valence-electron chi connectivity index (χ0n) is 20.8. The number of aryl methyl sites for hydroxylation is 1. The molecule has 0 saturated carbocycles. The SMILES string of the molecule is CCN(CC)S(=O)(=O)c1cncc(-c2cnc(Nc3ccc(F)c(Cl)c3)nc2-n2nc(C(F)(F)F)cc2C)c1. The van der Waals surface area contributed by atoms with Gasteiger partial charge >= 0.3 is 6.18 Å². The van der Waals surface area contributed by atoms with Crippen LogP contribution in [0.3, 0.4) is 0 Å². The number of anilines is 2. The standard InChI is InChI=1S/C24H22ClF4N7O2S/c1-4-35(5-2)39(37,38)17-9-15(11-30-12-17)18-13-31-23(32-16-6-7-20(26)19(25)10-16)33-22(18)36-14(3)8-21(34-36)24(27,28)29/h6-13H,4-5H2,1-3H3,(H,31,32,33). The van der Waals surface area contributed by atoms with E-state index in [1.165, 1.54) is 48.0 Å². The predicted octanol–water partition coefficient (Wildman–Crippen LogP) is 5.62. The highest BCUT2D eigenvalue weighted by atomic mass is 35.5. The molecule has 0 fully saturated rings. The molecule has 206 valence electrons. The Kier molecular flexibility index (Phi) is 7.91. The summed E-state index contributed by atoms with van der Waals surface area (Å²) in [6.45, 7) is 5.28. The van der Waals surface area contributed by atoms with Crippen LogP contribution in [-0.2, 0) is 16.2 Å². The van der Waals surface area contributed by atoms with Gasteiger partial charge < -0.3 is 5.32 Å². The molecule has 4 aromatic rings. The molecule has 3 aromatic heterocycles. The number of nitrogens with one attached hydrogen (secondary N) is 1. The number of hydrogen-bond acceptors (Lipinski definition) is 7. The van der Waals surface area contributed by atoms with Crippen molar-refractivity contribution in [2.75, 3.05) is 18.4 Å². The number of sulfonamides is 1. The highest BCUT2D eigenvalue weighted by molar-refractivity contribution is 7.89. The fraction of sp³-hybridized carbons (Fsp3) is 0.250. The van der Waals surface area contributed by atoms with Gasteiger partial charge in [-0.1, -0.05) is 25.4 Å². The Hall–Kier alpha value is -3.62. The second kappa shape index (κ2) is 10.9. The third kappa shape index (κ3) is 5.87. The van der Waals surface area contributed by atoms with E-state index in [2.05, 4.69) is 25.4 Å². The second-order valence-electron chi connectivity index (χ2n) is 8.26. The van der Waals surface area contributed by atoms with Gasteiger partial charge in [0.1, 0.15) is 10.7 Å². The van der Waals surface area contributed by atoms with Gasteiger partial charge in [0.15, 0.2) is 11.5 Å². The number of aromatic nitrogens is 5. The van der Waals surface area contributed by atoms with E-state index in [4.69, 9.17) is 11.6 Å². The summed E-state index contributed by atoms with van der Waals surface area (Å²) >= 11 is 5.84. The number of hydrogen-bond donors (Lipinski definition) is 1. The van der Waals surface area contributed by atoms with Crippen LogP contribution in [0.1, 0.15) is 25.2 Å². The van der Waals surface area contributed by atoms with Crippen LogP contribution in [0, 0.1) is 12.7 Å². The van der Waals surface area contributed by atoms with Crippen LogP contribution in [0.4, 0.5) is 29.2 Å². The lowest BCUT2D eigenvalue weighted by Gasteiger charge is -2.19. The molecule has 0 unspecified atom stereocenters. The summed E-state index contributed by atoms with van der Waals surface area (Å²) in [7, 11) is -3.89. The molecule has 9 nitrogen and oxygen atoms in total. The molecule has 1 aromatic carbocycles. The van der Waals surface area contributed by atoms with Crippen molar-refractivity contribution in [3.05, 3.63) is 71.2 Å². The Balaban J connectivity index is 1.88. The molecular weight excluding hydrogens is 562 g/mol. The van der Waals surface area contributed by atoms with Gasteiger partial charge in [-0.15, -0.1) is 0 Å². The normalized spacial score (nSPS) is 12.2. The lowest BCUT2D eigenvalue weighted by molar-refractivity contribution is -0.141. The van der Waals surface area contributed by atoms with Crippen LogP contribution in [0.2, 0.25) is 5.02 Å². The molecule has 0 aliphatic carbocycles. The van der Waals surface area contributed by atoms with E-state index in [1.807, 2.05) is 0 Å². The molecule has 0 aliphatic heterocycles. The maximum atomic E-state index is 13.6. The minimum Gasteiger partial charge on any atom is -0.324 e. The van der Waals surface area contributed by atoms with Crippen molar-refractivity contribution in [1.82, 2.24) is 29.0 Å². The molecule has 0 spiro atoms. The third-order valence-electron chi connectivity index (χ3n) is 5.69. The van der Waals surface area contributed by atoms with Crippen molar-refractivity contribution in [2.24, 2.45) is 0 Å². The molecule has 1 N–H and O–H groups in total. The topological polar surface area (TPSA) is 106 Å². The number of nitrogens with zero attached hydrogens (tertiary/aromatic N) is 6. The summed E-state index contributed by atoms with van der Waals surface area (Å²) < 4.78 is 82.3. The summed E-state index contributed by atoms with van der Waals surface area (Å²) in [6, 6.07) is 6.00. The number of alkyl halides is 3. The lowest BCUT2D eigenvalue weighted by Crippen LogP contribution is -2.30. The summed E-state index contributed by atoms with van der Waals surface area (Å²) in [6.07, 6.45) is -0.879. The molecule has 0 aliphatic rings. The molecule has 0 radical (unpaired) electrons. The van der Waals surface area contributed by atoms with Crippen molar-refractivity contribution in [2.45, 2.75) is 31.8 Å². The molecule has 0 amide bonds. The Labute approximate surface area is 226 Å². The van der Waals surface area contributed by atoms with Gasteiger partial charge in [-0.25, -0.2) is 22.5 Å². The maximum Gasteiger partial charge on any atom is 0.435 e. The molecule has 4 rings (SSSR count). The molecular formula is C24H22ClF4N7O2S. The zero-order valence-corrected chi connectivity index (χ0v) is 22.4. The Morgan fingerprint density at radius 1 is 1.08 bits per heavy atom. The van der Waals surface area contributed by atoms with Gasteiger partial charge in [0, 0.05) is 54.2 Å². The van der Waals surface area contributed by atoms with E-state index in [9.17, 15) is 26.0 Å². The van der Waals surface area contributed by atoms with E-state index >= 15 is 0 Å². The van der Waals surface area contributed by atoms with Gasteiger partial charge in [0.05, 0.1) is 5.02 Å². The number of benzene rings is 1. The van der Waals surface area contributed by atoms with Crippen molar-refractivity contribution < 1.29 is 26.0 Å². The molecule has 39 heavy (non-hydrogen) atoms. The smallest absolute Gasteiger partial charge is 0.324 e. The first kappa shape index (κ1) is 28.4. The average molecular weight is 584 g/mol. The first-order valence-corrected chi connectivity index (χ1v) is 13.4. The van der Waals surface area contributed by atoms with E-state index in [-0.39, 0.29) is 51.6 Å². The van der Waals surface area contributed by atoms with Crippen LogP contribution < -0.4 is 5.32 Å². The van der Waals surface area contributed by atoms with Gasteiger partial charge in [0.2, 0.25) is 16.0 Å². The summed E-state index contributed by atoms with van der Waals surface area (Å²) in [5, 5.41) is 6.36. The largest absolute Gasteiger partial charge is 0.435 e. The van der Waals surface area contributed by atoms with Crippen molar-refractivity contribution in [1.29, 1.82) is 0 Å². The van der Waals surface area contributed by atoms with Crippen LogP contribution >= 0.6 is 11.6 Å². The molecule has 0 saturated heterocycles. The van der Waals surface area contributed by atoms with Gasteiger partial charge in [-0.05, 0) is 37.3 Å². The van der Waals surface area contributed by atoms with Gasteiger partial charge in [-0.2, -0.15) is 27.6 Å². The summed E-state index contributed by atoms with van der Waals surface area (Å²) in [5.74, 6) is -0.772. The Morgan fingerprint density at radius 2 is 1.79 bits per heavy atom. The van der Waals surface area contributed by atoms with Crippen LogP contribution in [0.5, 0.6) is 0 Å². The third-order valence-corrected chi connectivity index (χ3v) is 8.00. The lowest BCUT2D eigenvalue weighted by atomic mass is 10.1. The zero-order chi connectivity index (χ0) is 28.5. The van der Waals surface area contributed by atoms with Crippen molar-refractivity contribution >= 4 is 33.3 Å². The number of rotatable bonds is 8. The molecule has 3 heterocycles. The van der Waals surface area contributed by atoms with Gasteiger partial charge in [-0.3, -0.25) is 4.98 Å².